The van der Waals surface area contributed by atoms with E-state index in [1.165, 1.54) is 0 Å². The Labute approximate surface area is 125 Å². The molecule has 0 saturated heterocycles. The van der Waals surface area contributed by atoms with Crippen LogP contribution in [0.4, 0.5) is 0 Å². The number of para-hydroxylation sites is 2. The van der Waals surface area contributed by atoms with Gasteiger partial charge in [-0.15, -0.1) is 0 Å². The Morgan fingerprint density at radius 1 is 1.43 bits per heavy atom. The summed E-state index contributed by atoms with van der Waals surface area (Å²) < 4.78 is 16.4. The highest BCUT2D eigenvalue weighted by molar-refractivity contribution is 5.78. The molecule has 1 atom stereocenters. The van der Waals surface area contributed by atoms with Crippen molar-refractivity contribution in [1.82, 2.24) is 10.2 Å². The van der Waals surface area contributed by atoms with E-state index >= 15 is 0 Å². The van der Waals surface area contributed by atoms with Crippen molar-refractivity contribution in [2.45, 2.75) is 6.10 Å². The van der Waals surface area contributed by atoms with Crippen molar-refractivity contribution < 1.29 is 19.0 Å². The zero-order valence-corrected chi connectivity index (χ0v) is 12.5. The summed E-state index contributed by atoms with van der Waals surface area (Å²) in [6, 6.07) is 7.55. The molecular formula is C15H22N2O4. The molecule has 116 valence electrons. The third-order valence-electron chi connectivity index (χ3n) is 3.23. The van der Waals surface area contributed by atoms with Gasteiger partial charge < -0.3 is 24.4 Å². The van der Waals surface area contributed by atoms with Gasteiger partial charge in [-0.2, -0.15) is 0 Å². The van der Waals surface area contributed by atoms with E-state index in [2.05, 4.69) is 5.32 Å². The highest BCUT2D eigenvalue weighted by Crippen LogP contribution is 2.30. The fourth-order valence-corrected chi connectivity index (χ4v) is 2.06. The Bertz CT molecular complexity index is 467. The number of hydrogen-bond donors (Lipinski definition) is 1. The average Bonchev–Trinajstić information content (AvgIpc) is 2.51. The van der Waals surface area contributed by atoms with Crippen LogP contribution in [0.1, 0.15) is 0 Å². The summed E-state index contributed by atoms with van der Waals surface area (Å²) in [5.74, 6) is 1.50. The summed E-state index contributed by atoms with van der Waals surface area (Å²) in [4.78, 5) is 13.6. The largest absolute Gasteiger partial charge is 0.486 e. The van der Waals surface area contributed by atoms with E-state index in [0.717, 1.165) is 11.5 Å². The number of nitrogens with one attached hydrogen (secondary N) is 1. The smallest absolute Gasteiger partial charge is 0.236 e. The molecule has 1 aromatic rings. The first-order chi connectivity index (χ1) is 10.2. The molecule has 0 aliphatic carbocycles. The van der Waals surface area contributed by atoms with Crippen molar-refractivity contribution in [2.24, 2.45) is 0 Å². The Morgan fingerprint density at radius 3 is 2.95 bits per heavy atom. The molecule has 1 amide bonds. The molecule has 0 fully saturated rings. The third kappa shape index (κ3) is 4.61. The van der Waals surface area contributed by atoms with E-state index in [4.69, 9.17) is 14.2 Å². The normalized spacial score (nSPS) is 16.6. The molecule has 1 aromatic carbocycles. The monoisotopic (exact) mass is 294 g/mol. The zero-order chi connectivity index (χ0) is 15.1. The molecule has 0 aromatic heterocycles. The minimum atomic E-state index is -0.146. The number of carbonyl (C=O) groups excluding carboxylic acids is 1. The minimum absolute atomic E-state index is 0.0218. The molecule has 1 aliphatic rings. The van der Waals surface area contributed by atoms with Gasteiger partial charge >= 0.3 is 0 Å². The molecule has 0 radical (unpaired) electrons. The first-order valence-electron chi connectivity index (χ1n) is 7.03. The molecule has 1 N–H and O–H groups in total. The molecule has 0 bridgehead atoms. The van der Waals surface area contributed by atoms with Crippen LogP contribution in [0.5, 0.6) is 11.5 Å². The van der Waals surface area contributed by atoms with Crippen LogP contribution in [-0.2, 0) is 9.53 Å². The number of likely N-dealkylation sites (N-methyl/N-ethyl adjacent to an activating group) is 1. The maximum atomic E-state index is 12.0. The van der Waals surface area contributed by atoms with Gasteiger partial charge in [0.1, 0.15) is 6.61 Å². The van der Waals surface area contributed by atoms with E-state index < -0.39 is 0 Å². The molecule has 1 heterocycles. The Balaban J connectivity index is 1.76. The first-order valence-corrected chi connectivity index (χ1v) is 7.03. The number of benzene rings is 1. The van der Waals surface area contributed by atoms with Gasteiger partial charge in [-0.3, -0.25) is 4.79 Å². The predicted molar refractivity (Wildman–Crippen MR) is 78.7 cm³/mol. The molecule has 6 heteroatoms. The number of methoxy groups -OCH3 is 1. The Kier molecular flexibility index (Phi) is 5.83. The van der Waals surface area contributed by atoms with Crippen molar-refractivity contribution in [1.29, 1.82) is 0 Å². The number of carbonyl (C=O) groups is 1. The Morgan fingerprint density at radius 2 is 2.19 bits per heavy atom. The summed E-state index contributed by atoms with van der Waals surface area (Å²) in [6.07, 6.45) is -0.146. The van der Waals surface area contributed by atoms with E-state index in [1.807, 2.05) is 24.3 Å². The summed E-state index contributed by atoms with van der Waals surface area (Å²) in [7, 11) is 3.40. The van der Waals surface area contributed by atoms with Crippen LogP contribution in [0, 0.1) is 0 Å². The summed E-state index contributed by atoms with van der Waals surface area (Å²) in [5, 5.41) is 3.03. The van der Waals surface area contributed by atoms with Gasteiger partial charge in [0.25, 0.3) is 0 Å². The lowest BCUT2D eigenvalue weighted by Crippen LogP contribution is -2.44. The lowest BCUT2D eigenvalue weighted by molar-refractivity contribution is -0.130. The van der Waals surface area contributed by atoms with Gasteiger partial charge in [-0.25, -0.2) is 0 Å². The van der Waals surface area contributed by atoms with Gasteiger partial charge in [0.05, 0.1) is 19.7 Å². The quantitative estimate of drug-likeness (QED) is 0.743. The van der Waals surface area contributed by atoms with E-state index in [-0.39, 0.29) is 12.0 Å². The fourth-order valence-electron chi connectivity index (χ4n) is 2.06. The zero-order valence-electron chi connectivity index (χ0n) is 12.5. The van der Waals surface area contributed by atoms with Crippen molar-refractivity contribution in [3.05, 3.63) is 24.3 Å². The van der Waals surface area contributed by atoms with E-state index in [0.29, 0.717) is 32.8 Å². The second-order valence-electron chi connectivity index (χ2n) is 4.94. The summed E-state index contributed by atoms with van der Waals surface area (Å²) in [5.41, 5.74) is 0. The fraction of sp³-hybridized carbons (Fsp3) is 0.533. The van der Waals surface area contributed by atoms with Gasteiger partial charge in [-0.1, -0.05) is 12.1 Å². The molecule has 0 saturated carbocycles. The molecule has 0 spiro atoms. The molecule has 1 unspecified atom stereocenters. The lowest BCUT2D eigenvalue weighted by atomic mass is 10.2. The van der Waals surface area contributed by atoms with Gasteiger partial charge in [0.2, 0.25) is 5.91 Å². The maximum absolute atomic E-state index is 12.0. The van der Waals surface area contributed by atoms with Gasteiger partial charge in [-0.05, 0) is 12.1 Å². The molecule has 1 aliphatic heterocycles. The topological polar surface area (TPSA) is 60.0 Å². The van der Waals surface area contributed by atoms with Crippen LogP contribution in [-0.4, -0.2) is 63.9 Å². The van der Waals surface area contributed by atoms with Crippen molar-refractivity contribution in [3.63, 3.8) is 0 Å². The first kappa shape index (κ1) is 15.6. The lowest BCUT2D eigenvalue weighted by Gasteiger charge is -2.29. The number of hydrogen-bond acceptors (Lipinski definition) is 5. The van der Waals surface area contributed by atoms with Crippen LogP contribution in [0.15, 0.2) is 24.3 Å². The highest BCUT2D eigenvalue weighted by atomic mass is 16.6. The summed E-state index contributed by atoms with van der Waals surface area (Å²) in [6.45, 7) is 2.49. The third-order valence-corrected chi connectivity index (χ3v) is 3.23. The molecule has 6 nitrogen and oxygen atoms in total. The number of ether oxygens (including phenoxy) is 3. The number of amides is 1. The van der Waals surface area contributed by atoms with Gasteiger partial charge in [0.15, 0.2) is 17.6 Å². The Hall–Kier alpha value is -1.79. The molecule has 2 rings (SSSR count). The van der Waals surface area contributed by atoms with Crippen LogP contribution in [0.2, 0.25) is 0 Å². The van der Waals surface area contributed by atoms with Crippen molar-refractivity contribution in [2.75, 3.05) is 47.0 Å². The van der Waals surface area contributed by atoms with Crippen LogP contribution in [0.25, 0.3) is 0 Å². The minimum Gasteiger partial charge on any atom is -0.486 e. The van der Waals surface area contributed by atoms with Crippen molar-refractivity contribution >= 4 is 5.91 Å². The highest BCUT2D eigenvalue weighted by Gasteiger charge is 2.23. The average molecular weight is 294 g/mol. The number of fused-ring (bicyclic) bond motifs is 1. The van der Waals surface area contributed by atoms with Crippen molar-refractivity contribution in [3.8, 4) is 11.5 Å². The molecular weight excluding hydrogens is 272 g/mol. The second kappa shape index (κ2) is 7.85. The second-order valence-corrected chi connectivity index (χ2v) is 4.94. The van der Waals surface area contributed by atoms with Crippen LogP contribution in [0.3, 0.4) is 0 Å². The maximum Gasteiger partial charge on any atom is 0.236 e. The van der Waals surface area contributed by atoms with E-state index in [9.17, 15) is 4.79 Å². The van der Waals surface area contributed by atoms with Crippen LogP contribution < -0.4 is 14.8 Å². The predicted octanol–water partition coefficient (Wildman–Crippen LogP) is 0.521. The number of rotatable bonds is 7. The van der Waals surface area contributed by atoms with E-state index in [1.54, 1.807) is 19.1 Å². The van der Waals surface area contributed by atoms with Gasteiger partial charge in [0, 0.05) is 20.7 Å². The SMILES string of the molecule is COCCNCC(=O)N(C)CC1COc2ccccc2O1. The summed E-state index contributed by atoms with van der Waals surface area (Å²) >= 11 is 0. The standard InChI is InChI=1S/C15H22N2O4/c1-17(15(18)9-16-7-8-19-2)10-12-11-20-13-5-3-4-6-14(13)21-12/h3-6,12,16H,7-11H2,1-2H3. The number of nitrogens with zero attached hydrogens (tertiary/aromatic N) is 1. The van der Waals surface area contributed by atoms with Crippen LogP contribution >= 0.6 is 0 Å². The molecule has 21 heavy (non-hydrogen) atoms.